The number of carbonyl (C=O) groups excluding carboxylic acids is 1. The van der Waals surface area contributed by atoms with Gasteiger partial charge in [0.15, 0.2) is 0 Å². The molecule has 0 radical (unpaired) electrons. The lowest BCUT2D eigenvalue weighted by molar-refractivity contribution is -0.116. The van der Waals surface area contributed by atoms with Gasteiger partial charge in [-0.1, -0.05) is 0 Å². The van der Waals surface area contributed by atoms with Crippen LogP contribution < -0.4 is 10.6 Å². The number of carbonyl (C=O) groups is 1. The number of benzene rings is 1. The van der Waals surface area contributed by atoms with Crippen LogP contribution in [-0.4, -0.2) is 10.9 Å². The molecular formula is C13H13N3OS. The number of aromatic nitrogens is 1. The van der Waals surface area contributed by atoms with E-state index in [0.29, 0.717) is 6.42 Å². The third kappa shape index (κ3) is 2.36. The molecule has 92 valence electrons. The molecule has 1 aromatic heterocycles. The summed E-state index contributed by atoms with van der Waals surface area (Å²) in [5.74, 6) is 0.103. The number of thiazole rings is 1. The second-order valence-corrected chi connectivity index (χ2v) is 5.18. The zero-order chi connectivity index (χ0) is 12.4. The second-order valence-electron chi connectivity index (χ2n) is 4.20. The van der Waals surface area contributed by atoms with Gasteiger partial charge in [-0.05, 0) is 30.2 Å². The molecule has 2 N–H and O–H groups in total. The number of aryl methyl sites for hydroxylation is 1. The van der Waals surface area contributed by atoms with E-state index in [9.17, 15) is 4.79 Å². The Bertz CT molecular complexity index is 566. The van der Waals surface area contributed by atoms with Gasteiger partial charge in [-0.15, -0.1) is 11.3 Å². The quantitative estimate of drug-likeness (QED) is 0.891. The van der Waals surface area contributed by atoms with E-state index in [1.54, 1.807) is 11.3 Å². The molecule has 0 saturated heterocycles. The molecule has 1 aromatic carbocycles. The summed E-state index contributed by atoms with van der Waals surface area (Å²) in [6.07, 6.45) is 3.20. The highest BCUT2D eigenvalue weighted by atomic mass is 32.1. The molecule has 0 bridgehead atoms. The van der Waals surface area contributed by atoms with Gasteiger partial charge < -0.3 is 10.6 Å². The van der Waals surface area contributed by atoms with Crippen LogP contribution in [0.1, 0.15) is 17.0 Å². The summed E-state index contributed by atoms with van der Waals surface area (Å²) in [7, 11) is 0. The van der Waals surface area contributed by atoms with E-state index >= 15 is 0 Å². The predicted molar refractivity (Wildman–Crippen MR) is 72.8 cm³/mol. The summed E-state index contributed by atoms with van der Waals surface area (Å²) in [4.78, 5) is 15.5. The predicted octanol–water partition coefficient (Wildman–Crippen LogP) is 2.64. The zero-order valence-electron chi connectivity index (χ0n) is 9.77. The highest BCUT2D eigenvalue weighted by Crippen LogP contribution is 2.25. The first-order valence-corrected chi connectivity index (χ1v) is 6.74. The number of amides is 1. The highest BCUT2D eigenvalue weighted by molar-refractivity contribution is 7.09. The molecule has 5 heteroatoms. The highest BCUT2D eigenvalue weighted by Gasteiger charge is 2.14. The van der Waals surface area contributed by atoms with Crippen molar-refractivity contribution in [2.75, 3.05) is 10.6 Å². The molecular weight excluding hydrogens is 246 g/mol. The van der Waals surface area contributed by atoms with Gasteiger partial charge in [-0.25, -0.2) is 4.98 Å². The van der Waals surface area contributed by atoms with Crippen molar-refractivity contribution in [1.29, 1.82) is 0 Å². The lowest BCUT2D eigenvalue weighted by Gasteiger charge is -2.17. The average Bonchev–Trinajstić information content (AvgIpc) is 2.89. The van der Waals surface area contributed by atoms with Crippen LogP contribution in [0.15, 0.2) is 29.8 Å². The maximum Gasteiger partial charge on any atom is 0.224 e. The molecule has 1 amide bonds. The van der Waals surface area contributed by atoms with Crippen molar-refractivity contribution in [3.05, 3.63) is 40.3 Å². The largest absolute Gasteiger partial charge is 0.379 e. The van der Waals surface area contributed by atoms with Crippen molar-refractivity contribution in [3.63, 3.8) is 0 Å². The molecule has 18 heavy (non-hydrogen) atoms. The molecule has 0 unspecified atom stereocenters. The fraction of sp³-hybridized carbons (Fsp3) is 0.231. The van der Waals surface area contributed by atoms with E-state index < -0.39 is 0 Å². The van der Waals surface area contributed by atoms with Crippen LogP contribution in [0.2, 0.25) is 0 Å². The first-order chi connectivity index (χ1) is 8.81. The normalized spacial score (nSPS) is 13.9. The van der Waals surface area contributed by atoms with E-state index in [4.69, 9.17) is 0 Å². The van der Waals surface area contributed by atoms with Crippen molar-refractivity contribution in [3.8, 4) is 0 Å². The number of nitrogens with zero attached hydrogens (tertiary/aromatic N) is 1. The van der Waals surface area contributed by atoms with Gasteiger partial charge in [-0.2, -0.15) is 0 Å². The lowest BCUT2D eigenvalue weighted by atomic mass is 10.0. The first-order valence-electron chi connectivity index (χ1n) is 5.86. The number of rotatable bonds is 3. The first kappa shape index (κ1) is 11.2. The minimum absolute atomic E-state index is 0.103. The summed E-state index contributed by atoms with van der Waals surface area (Å²) in [6.45, 7) is 0.739. The fourth-order valence-corrected chi connectivity index (χ4v) is 2.57. The molecule has 0 spiro atoms. The summed E-state index contributed by atoms with van der Waals surface area (Å²) >= 11 is 1.64. The number of hydrogen-bond donors (Lipinski definition) is 2. The van der Waals surface area contributed by atoms with Crippen LogP contribution >= 0.6 is 11.3 Å². The Hall–Kier alpha value is -1.88. The summed E-state index contributed by atoms with van der Waals surface area (Å²) < 4.78 is 0. The van der Waals surface area contributed by atoms with Crippen LogP contribution in [0.3, 0.4) is 0 Å². The zero-order valence-corrected chi connectivity index (χ0v) is 10.6. The van der Waals surface area contributed by atoms with Crippen LogP contribution in [0.5, 0.6) is 0 Å². The fourth-order valence-electron chi connectivity index (χ4n) is 2.01. The van der Waals surface area contributed by atoms with Crippen LogP contribution in [0.4, 0.5) is 11.4 Å². The Labute approximate surface area is 109 Å². The monoisotopic (exact) mass is 259 g/mol. The Balaban J connectivity index is 1.72. The van der Waals surface area contributed by atoms with Crippen LogP contribution in [0.25, 0.3) is 0 Å². The van der Waals surface area contributed by atoms with Gasteiger partial charge in [0.05, 0.1) is 6.54 Å². The molecule has 1 aliphatic heterocycles. The molecule has 0 atom stereocenters. The molecule has 2 aromatic rings. The number of anilines is 2. The van der Waals surface area contributed by atoms with Crippen molar-refractivity contribution in [2.45, 2.75) is 19.4 Å². The maximum atomic E-state index is 11.3. The molecule has 3 rings (SSSR count). The molecule has 0 saturated carbocycles. The summed E-state index contributed by atoms with van der Waals surface area (Å²) in [5.41, 5.74) is 3.20. The second kappa shape index (κ2) is 4.78. The Kier molecular flexibility index (Phi) is 2.98. The van der Waals surface area contributed by atoms with Crippen LogP contribution in [-0.2, 0) is 17.8 Å². The Morgan fingerprint density at radius 3 is 3.17 bits per heavy atom. The molecule has 4 nitrogen and oxygen atoms in total. The standard InChI is InChI=1S/C13H13N3OS/c17-12-4-1-9-7-10(2-3-11(9)16-12)15-8-13-14-5-6-18-13/h2-3,5-7,15H,1,4,8H2,(H,16,17). The topological polar surface area (TPSA) is 54.0 Å². The van der Waals surface area contributed by atoms with Gasteiger partial charge in [-0.3, -0.25) is 4.79 Å². The third-order valence-electron chi connectivity index (χ3n) is 2.93. The molecule has 0 fully saturated rings. The SMILES string of the molecule is O=C1CCc2cc(NCc3nccs3)ccc2N1. The van der Waals surface area contributed by atoms with E-state index in [0.717, 1.165) is 29.3 Å². The van der Waals surface area contributed by atoms with Crippen molar-refractivity contribution in [1.82, 2.24) is 4.98 Å². The van der Waals surface area contributed by atoms with Crippen molar-refractivity contribution < 1.29 is 4.79 Å². The summed E-state index contributed by atoms with van der Waals surface area (Å²) in [5, 5.41) is 9.27. The van der Waals surface area contributed by atoms with Crippen LogP contribution in [0, 0.1) is 0 Å². The lowest BCUT2D eigenvalue weighted by Crippen LogP contribution is -2.18. The van der Waals surface area contributed by atoms with Crippen molar-refractivity contribution in [2.24, 2.45) is 0 Å². The van der Waals surface area contributed by atoms with Crippen molar-refractivity contribution >= 4 is 28.6 Å². The Morgan fingerprint density at radius 2 is 2.33 bits per heavy atom. The van der Waals surface area contributed by atoms with Gasteiger partial charge in [0.25, 0.3) is 0 Å². The number of fused-ring (bicyclic) bond motifs is 1. The molecule has 0 aliphatic carbocycles. The van der Waals surface area contributed by atoms with Gasteiger partial charge in [0, 0.05) is 29.4 Å². The van der Waals surface area contributed by atoms with Gasteiger partial charge in [0.2, 0.25) is 5.91 Å². The Morgan fingerprint density at radius 1 is 1.39 bits per heavy atom. The average molecular weight is 259 g/mol. The molecule has 1 aliphatic rings. The minimum atomic E-state index is 0.103. The van der Waals surface area contributed by atoms with Gasteiger partial charge in [0.1, 0.15) is 5.01 Å². The minimum Gasteiger partial charge on any atom is -0.379 e. The number of hydrogen-bond acceptors (Lipinski definition) is 4. The van der Waals surface area contributed by atoms with Gasteiger partial charge >= 0.3 is 0 Å². The van der Waals surface area contributed by atoms with E-state index in [-0.39, 0.29) is 5.91 Å². The number of nitrogens with one attached hydrogen (secondary N) is 2. The third-order valence-corrected chi connectivity index (χ3v) is 3.71. The smallest absolute Gasteiger partial charge is 0.224 e. The van der Waals surface area contributed by atoms with E-state index in [1.807, 2.05) is 23.7 Å². The van der Waals surface area contributed by atoms with E-state index in [1.165, 1.54) is 5.56 Å². The summed E-state index contributed by atoms with van der Waals surface area (Å²) in [6, 6.07) is 6.04. The maximum absolute atomic E-state index is 11.3. The van der Waals surface area contributed by atoms with E-state index in [2.05, 4.69) is 21.7 Å². The molecule has 2 heterocycles.